The summed E-state index contributed by atoms with van der Waals surface area (Å²) in [6.07, 6.45) is 1.77. The highest BCUT2D eigenvalue weighted by Crippen LogP contribution is 2.32. The van der Waals surface area contributed by atoms with E-state index in [1.807, 2.05) is 6.07 Å². The van der Waals surface area contributed by atoms with E-state index < -0.39 is 0 Å². The molecule has 3 aromatic rings. The molecule has 0 aliphatic carbocycles. The molecule has 108 valence electrons. The van der Waals surface area contributed by atoms with Gasteiger partial charge in [0, 0.05) is 0 Å². The molecule has 2 aromatic carbocycles. The van der Waals surface area contributed by atoms with E-state index in [0.29, 0.717) is 0 Å². The van der Waals surface area contributed by atoms with Gasteiger partial charge in [-0.3, -0.25) is 0 Å². The predicted octanol–water partition coefficient (Wildman–Crippen LogP) is 4.75. The molecule has 0 saturated heterocycles. The zero-order valence-corrected chi connectivity index (χ0v) is 12.8. The van der Waals surface area contributed by atoms with Gasteiger partial charge in [-0.2, -0.15) is 0 Å². The third-order valence-electron chi connectivity index (χ3n) is 4.06. The Morgan fingerprint density at radius 1 is 0.952 bits per heavy atom. The van der Waals surface area contributed by atoms with Gasteiger partial charge in [0.05, 0.1) is 12.3 Å². The molecular weight excluding hydrogens is 258 g/mol. The van der Waals surface area contributed by atoms with E-state index in [0.717, 1.165) is 12.3 Å². The maximum absolute atomic E-state index is 5.75. The zero-order chi connectivity index (χ0) is 14.8. The van der Waals surface area contributed by atoms with Gasteiger partial charge in [0.1, 0.15) is 5.76 Å². The van der Waals surface area contributed by atoms with Crippen LogP contribution in [-0.2, 0) is 0 Å². The number of benzene rings is 2. The number of furan rings is 1. The molecule has 21 heavy (non-hydrogen) atoms. The highest BCUT2D eigenvalue weighted by Gasteiger charge is 2.20. The summed E-state index contributed by atoms with van der Waals surface area (Å²) in [5.41, 5.74) is 3.77. The van der Waals surface area contributed by atoms with Crippen LogP contribution < -0.4 is 5.32 Å². The summed E-state index contributed by atoms with van der Waals surface area (Å²) >= 11 is 0. The first-order valence-corrected chi connectivity index (χ1v) is 7.48. The number of hydrogen-bond acceptors (Lipinski definition) is 2. The van der Waals surface area contributed by atoms with Crippen LogP contribution in [0.3, 0.4) is 0 Å². The Hall–Kier alpha value is -2.06. The fourth-order valence-corrected chi connectivity index (χ4v) is 2.95. The van der Waals surface area contributed by atoms with Crippen LogP contribution in [0, 0.1) is 13.8 Å². The number of nitrogens with one attached hydrogen (secondary N) is 1. The summed E-state index contributed by atoms with van der Waals surface area (Å²) < 4.78 is 5.75. The third-order valence-corrected chi connectivity index (χ3v) is 4.06. The van der Waals surface area contributed by atoms with Crippen LogP contribution >= 0.6 is 0 Å². The molecular formula is C19H21NO. The van der Waals surface area contributed by atoms with E-state index in [2.05, 4.69) is 62.5 Å². The molecule has 0 aliphatic heterocycles. The molecule has 0 fully saturated rings. The van der Waals surface area contributed by atoms with Crippen LogP contribution in [0.1, 0.15) is 35.4 Å². The molecule has 0 bridgehead atoms. The largest absolute Gasteiger partial charge is 0.467 e. The van der Waals surface area contributed by atoms with Gasteiger partial charge in [0.15, 0.2) is 0 Å². The van der Waals surface area contributed by atoms with Crippen LogP contribution in [-0.4, -0.2) is 6.54 Å². The minimum absolute atomic E-state index is 0.0931. The van der Waals surface area contributed by atoms with Crippen LogP contribution in [0.4, 0.5) is 0 Å². The highest BCUT2D eigenvalue weighted by atomic mass is 16.3. The molecule has 1 N–H and O–H groups in total. The Kier molecular flexibility index (Phi) is 3.80. The van der Waals surface area contributed by atoms with Gasteiger partial charge < -0.3 is 9.73 Å². The van der Waals surface area contributed by atoms with Gasteiger partial charge in [0.25, 0.3) is 0 Å². The average molecular weight is 279 g/mol. The second-order valence-electron chi connectivity index (χ2n) is 5.48. The number of rotatable bonds is 4. The van der Waals surface area contributed by atoms with E-state index in [1.54, 1.807) is 6.26 Å². The molecule has 1 aromatic heterocycles. The maximum Gasteiger partial charge on any atom is 0.128 e. The summed E-state index contributed by atoms with van der Waals surface area (Å²) in [5.74, 6) is 1.01. The van der Waals surface area contributed by atoms with Crippen molar-refractivity contribution in [3.63, 3.8) is 0 Å². The fraction of sp³-hybridized carbons (Fsp3) is 0.263. The van der Waals surface area contributed by atoms with E-state index in [9.17, 15) is 0 Å². The van der Waals surface area contributed by atoms with Crippen LogP contribution in [0.5, 0.6) is 0 Å². The molecule has 1 heterocycles. The predicted molar refractivity (Wildman–Crippen MR) is 87.6 cm³/mol. The van der Waals surface area contributed by atoms with Crippen LogP contribution in [0.2, 0.25) is 0 Å². The molecule has 0 aliphatic rings. The van der Waals surface area contributed by atoms with Crippen molar-refractivity contribution in [1.29, 1.82) is 0 Å². The minimum atomic E-state index is 0.0931. The van der Waals surface area contributed by atoms with Crippen molar-refractivity contribution in [2.45, 2.75) is 26.8 Å². The van der Waals surface area contributed by atoms with Crippen molar-refractivity contribution in [3.05, 3.63) is 71.2 Å². The van der Waals surface area contributed by atoms with Gasteiger partial charge in [-0.1, -0.05) is 43.3 Å². The summed E-state index contributed by atoms with van der Waals surface area (Å²) in [6, 6.07) is 15.1. The smallest absolute Gasteiger partial charge is 0.128 e. The number of aryl methyl sites for hydroxylation is 2. The zero-order valence-electron chi connectivity index (χ0n) is 12.8. The first-order valence-electron chi connectivity index (χ1n) is 7.48. The first-order chi connectivity index (χ1) is 10.2. The SMILES string of the molecule is CCNC(c1occc1C)c1ccc(C)c2ccccc12. The normalized spacial score (nSPS) is 12.7. The Bertz CT molecular complexity index is 757. The lowest BCUT2D eigenvalue weighted by Gasteiger charge is -2.20. The fourth-order valence-electron chi connectivity index (χ4n) is 2.95. The van der Waals surface area contributed by atoms with Gasteiger partial charge in [-0.05, 0) is 53.9 Å². The Morgan fingerprint density at radius 2 is 1.71 bits per heavy atom. The summed E-state index contributed by atoms with van der Waals surface area (Å²) in [4.78, 5) is 0. The van der Waals surface area contributed by atoms with Crippen molar-refractivity contribution >= 4 is 10.8 Å². The molecule has 2 heteroatoms. The first kappa shape index (κ1) is 13.9. The van der Waals surface area contributed by atoms with Crippen LogP contribution in [0.25, 0.3) is 10.8 Å². The highest BCUT2D eigenvalue weighted by molar-refractivity contribution is 5.89. The van der Waals surface area contributed by atoms with Crippen molar-refractivity contribution in [2.75, 3.05) is 6.54 Å². The van der Waals surface area contributed by atoms with Gasteiger partial charge in [-0.15, -0.1) is 0 Å². The van der Waals surface area contributed by atoms with Gasteiger partial charge >= 0.3 is 0 Å². The number of hydrogen-bond donors (Lipinski definition) is 1. The molecule has 3 rings (SSSR count). The Morgan fingerprint density at radius 3 is 2.38 bits per heavy atom. The maximum atomic E-state index is 5.75. The summed E-state index contributed by atoms with van der Waals surface area (Å²) in [6.45, 7) is 7.28. The Labute approximate surface area is 125 Å². The molecule has 0 radical (unpaired) electrons. The monoisotopic (exact) mass is 279 g/mol. The topological polar surface area (TPSA) is 25.2 Å². The lowest BCUT2D eigenvalue weighted by atomic mass is 9.93. The standard InChI is InChI=1S/C19H21NO/c1-4-20-18(19-14(3)11-12-21-19)17-10-9-13(2)15-7-5-6-8-16(15)17/h5-12,18,20H,4H2,1-3H3. The van der Waals surface area contributed by atoms with Crippen molar-refractivity contribution < 1.29 is 4.42 Å². The molecule has 1 atom stereocenters. The lowest BCUT2D eigenvalue weighted by Crippen LogP contribution is -2.22. The van der Waals surface area contributed by atoms with Crippen LogP contribution in [0.15, 0.2) is 53.1 Å². The lowest BCUT2D eigenvalue weighted by molar-refractivity contribution is 0.450. The molecule has 0 saturated carbocycles. The number of fused-ring (bicyclic) bond motifs is 1. The van der Waals surface area contributed by atoms with Gasteiger partial charge in [0.2, 0.25) is 0 Å². The third kappa shape index (κ3) is 2.47. The van der Waals surface area contributed by atoms with Crippen molar-refractivity contribution in [3.8, 4) is 0 Å². The summed E-state index contributed by atoms with van der Waals surface area (Å²) in [5, 5.41) is 6.16. The van der Waals surface area contributed by atoms with E-state index in [4.69, 9.17) is 4.42 Å². The van der Waals surface area contributed by atoms with E-state index in [1.165, 1.54) is 27.5 Å². The molecule has 0 spiro atoms. The van der Waals surface area contributed by atoms with E-state index in [-0.39, 0.29) is 6.04 Å². The summed E-state index contributed by atoms with van der Waals surface area (Å²) in [7, 11) is 0. The van der Waals surface area contributed by atoms with E-state index >= 15 is 0 Å². The molecule has 1 unspecified atom stereocenters. The second kappa shape index (κ2) is 5.74. The average Bonchev–Trinajstić information content (AvgIpc) is 2.92. The van der Waals surface area contributed by atoms with Crippen molar-refractivity contribution in [2.24, 2.45) is 0 Å². The molecule has 0 amide bonds. The second-order valence-corrected chi connectivity index (χ2v) is 5.48. The quantitative estimate of drug-likeness (QED) is 0.745. The molecule has 2 nitrogen and oxygen atoms in total. The van der Waals surface area contributed by atoms with Gasteiger partial charge in [-0.25, -0.2) is 0 Å². The van der Waals surface area contributed by atoms with Crippen molar-refractivity contribution in [1.82, 2.24) is 5.32 Å². The Balaban J connectivity index is 2.21. The minimum Gasteiger partial charge on any atom is -0.467 e.